The second kappa shape index (κ2) is 9.59. The lowest BCUT2D eigenvalue weighted by molar-refractivity contribution is -0.122. The molecule has 1 aromatic carbocycles. The predicted molar refractivity (Wildman–Crippen MR) is 90.6 cm³/mol. The zero-order valence-corrected chi connectivity index (χ0v) is 13.4. The van der Waals surface area contributed by atoms with Crippen molar-refractivity contribution in [3.05, 3.63) is 35.9 Å². The van der Waals surface area contributed by atoms with Crippen LogP contribution in [-0.2, 0) is 11.2 Å². The lowest BCUT2D eigenvalue weighted by Crippen LogP contribution is -2.45. The van der Waals surface area contributed by atoms with E-state index in [4.69, 9.17) is 5.73 Å². The minimum Gasteiger partial charge on any atom is -0.353 e. The molecule has 2 rings (SSSR count). The number of nitrogens with one attached hydrogen (secondary N) is 2. The number of carbonyl (C=O) groups excluding carboxylic acids is 1. The topological polar surface area (TPSA) is 67.2 Å². The minimum atomic E-state index is -0.472. The van der Waals surface area contributed by atoms with Gasteiger partial charge in [-0.25, -0.2) is 0 Å². The quantitative estimate of drug-likeness (QED) is 0.533. The number of rotatable bonds is 7. The third kappa shape index (κ3) is 6.16. The molecule has 0 radical (unpaired) electrons. The van der Waals surface area contributed by atoms with Crippen molar-refractivity contribution in [3.8, 4) is 0 Å². The maximum absolute atomic E-state index is 12.0. The van der Waals surface area contributed by atoms with E-state index < -0.39 is 6.04 Å². The van der Waals surface area contributed by atoms with Gasteiger partial charge < -0.3 is 16.4 Å². The van der Waals surface area contributed by atoms with Crippen LogP contribution in [0.15, 0.2) is 30.3 Å². The van der Waals surface area contributed by atoms with E-state index in [1.54, 1.807) is 0 Å². The number of hydrogen-bond donors (Lipinski definition) is 3. The van der Waals surface area contributed by atoms with Gasteiger partial charge in [0.2, 0.25) is 5.91 Å². The first-order chi connectivity index (χ1) is 10.8. The van der Waals surface area contributed by atoms with Crippen LogP contribution in [-0.4, -0.2) is 31.1 Å². The van der Waals surface area contributed by atoms with E-state index in [1.807, 2.05) is 30.3 Å². The molecule has 122 valence electrons. The highest BCUT2D eigenvalue weighted by molar-refractivity contribution is 5.81. The molecule has 0 spiro atoms. The molecule has 0 heterocycles. The zero-order chi connectivity index (χ0) is 15.6. The Balaban J connectivity index is 1.60. The van der Waals surface area contributed by atoms with Crippen LogP contribution in [0.3, 0.4) is 0 Å². The smallest absolute Gasteiger partial charge is 0.237 e. The summed E-state index contributed by atoms with van der Waals surface area (Å²) in [6, 6.07) is 10.1. The summed E-state index contributed by atoms with van der Waals surface area (Å²) in [5, 5.41) is 6.48. The van der Waals surface area contributed by atoms with Crippen LogP contribution < -0.4 is 16.4 Å². The molecular formula is C18H29N3O. The molecule has 4 N–H and O–H groups in total. The molecule has 0 aliphatic heterocycles. The zero-order valence-electron chi connectivity index (χ0n) is 13.4. The van der Waals surface area contributed by atoms with Gasteiger partial charge in [-0.3, -0.25) is 4.79 Å². The fourth-order valence-corrected chi connectivity index (χ4v) is 3.04. The van der Waals surface area contributed by atoms with Gasteiger partial charge in [0.1, 0.15) is 0 Å². The van der Waals surface area contributed by atoms with Gasteiger partial charge in [-0.05, 0) is 24.8 Å². The third-order valence-electron chi connectivity index (χ3n) is 4.35. The first kappa shape index (κ1) is 17.0. The summed E-state index contributed by atoms with van der Waals surface area (Å²) >= 11 is 0. The number of nitrogens with two attached hydrogens (primary N) is 1. The maximum Gasteiger partial charge on any atom is 0.237 e. The van der Waals surface area contributed by atoms with Crippen LogP contribution >= 0.6 is 0 Å². The van der Waals surface area contributed by atoms with E-state index in [1.165, 1.54) is 38.5 Å². The van der Waals surface area contributed by atoms with E-state index in [2.05, 4.69) is 10.6 Å². The molecule has 0 aromatic heterocycles. The number of carbonyl (C=O) groups is 1. The predicted octanol–water partition coefficient (Wildman–Crippen LogP) is 1.98. The van der Waals surface area contributed by atoms with Gasteiger partial charge in [-0.2, -0.15) is 0 Å². The monoisotopic (exact) mass is 303 g/mol. The second-order valence-corrected chi connectivity index (χ2v) is 6.23. The molecule has 1 fully saturated rings. The van der Waals surface area contributed by atoms with Gasteiger partial charge in [0.15, 0.2) is 0 Å². The van der Waals surface area contributed by atoms with Gasteiger partial charge in [0, 0.05) is 19.1 Å². The first-order valence-corrected chi connectivity index (χ1v) is 8.56. The highest BCUT2D eigenvalue weighted by Gasteiger charge is 2.14. The van der Waals surface area contributed by atoms with Crippen molar-refractivity contribution >= 4 is 5.91 Å². The van der Waals surface area contributed by atoms with Crippen LogP contribution in [0.5, 0.6) is 0 Å². The second-order valence-electron chi connectivity index (χ2n) is 6.23. The Kier molecular flexibility index (Phi) is 7.40. The van der Waals surface area contributed by atoms with Crippen LogP contribution in [0.4, 0.5) is 0 Å². The lowest BCUT2D eigenvalue weighted by Gasteiger charge is -2.17. The molecule has 1 atom stereocenters. The Hall–Kier alpha value is -1.39. The fourth-order valence-electron chi connectivity index (χ4n) is 3.04. The van der Waals surface area contributed by atoms with Gasteiger partial charge in [0.05, 0.1) is 6.04 Å². The summed E-state index contributed by atoms with van der Waals surface area (Å²) in [6.45, 7) is 1.48. The van der Waals surface area contributed by atoms with Crippen molar-refractivity contribution in [3.63, 3.8) is 0 Å². The molecule has 1 aliphatic carbocycles. The summed E-state index contributed by atoms with van der Waals surface area (Å²) in [5.74, 6) is -0.0634. The number of amides is 1. The summed E-state index contributed by atoms with van der Waals surface area (Å²) in [7, 11) is 0. The fraction of sp³-hybridized carbons (Fsp3) is 0.611. The average molecular weight is 303 g/mol. The van der Waals surface area contributed by atoms with E-state index in [9.17, 15) is 4.79 Å². The van der Waals surface area contributed by atoms with E-state index >= 15 is 0 Å². The molecule has 0 bridgehead atoms. The highest BCUT2D eigenvalue weighted by atomic mass is 16.2. The highest BCUT2D eigenvalue weighted by Crippen LogP contribution is 2.16. The number of hydrogen-bond acceptors (Lipinski definition) is 3. The van der Waals surface area contributed by atoms with E-state index in [0.29, 0.717) is 19.0 Å². The standard InChI is InChI=1S/C18H29N3O/c19-17(14-15-8-4-3-5-9-15)18(22)21-13-12-20-16-10-6-1-2-7-11-16/h3-5,8-9,16-17,20H,1-2,6-7,10-14,19H2,(H,21,22)/t17-/m0/s1. The molecule has 1 amide bonds. The summed E-state index contributed by atoms with van der Waals surface area (Å²) in [6.07, 6.45) is 8.50. The Morgan fingerprint density at radius 2 is 1.77 bits per heavy atom. The van der Waals surface area contributed by atoms with Gasteiger partial charge >= 0.3 is 0 Å². The Labute approximate surface area is 133 Å². The van der Waals surface area contributed by atoms with Crippen molar-refractivity contribution in [2.24, 2.45) is 5.73 Å². The Bertz CT molecular complexity index is 427. The molecule has 1 aliphatic rings. The summed E-state index contributed by atoms with van der Waals surface area (Å²) in [4.78, 5) is 12.0. The maximum atomic E-state index is 12.0. The van der Waals surface area contributed by atoms with E-state index in [-0.39, 0.29) is 5.91 Å². The molecule has 4 nitrogen and oxygen atoms in total. The van der Waals surface area contributed by atoms with Crippen molar-refractivity contribution in [2.45, 2.75) is 57.0 Å². The van der Waals surface area contributed by atoms with Crippen LogP contribution in [0.2, 0.25) is 0 Å². The van der Waals surface area contributed by atoms with Gasteiger partial charge in [-0.15, -0.1) is 0 Å². The molecule has 1 saturated carbocycles. The molecule has 1 aromatic rings. The molecule has 4 heteroatoms. The third-order valence-corrected chi connectivity index (χ3v) is 4.35. The van der Waals surface area contributed by atoms with Crippen molar-refractivity contribution in [1.29, 1.82) is 0 Å². The Morgan fingerprint density at radius 3 is 2.45 bits per heavy atom. The lowest BCUT2D eigenvalue weighted by atomic mass is 10.1. The normalized spacial score (nSPS) is 17.7. The van der Waals surface area contributed by atoms with Gasteiger partial charge in [-0.1, -0.05) is 56.0 Å². The van der Waals surface area contributed by atoms with Crippen LogP contribution in [0, 0.1) is 0 Å². The molecule has 0 unspecified atom stereocenters. The largest absolute Gasteiger partial charge is 0.353 e. The van der Waals surface area contributed by atoms with Crippen LogP contribution in [0.1, 0.15) is 44.1 Å². The average Bonchev–Trinajstić information content (AvgIpc) is 2.81. The summed E-state index contributed by atoms with van der Waals surface area (Å²) < 4.78 is 0. The van der Waals surface area contributed by atoms with Crippen LogP contribution in [0.25, 0.3) is 0 Å². The SMILES string of the molecule is N[C@@H](Cc1ccccc1)C(=O)NCCNC1CCCCCC1. The number of benzene rings is 1. The first-order valence-electron chi connectivity index (χ1n) is 8.56. The molecule has 22 heavy (non-hydrogen) atoms. The Morgan fingerprint density at radius 1 is 1.09 bits per heavy atom. The molecular weight excluding hydrogens is 274 g/mol. The van der Waals surface area contributed by atoms with E-state index in [0.717, 1.165) is 12.1 Å². The summed E-state index contributed by atoms with van der Waals surface area (Å²) in [5.41, 5.74) is 7.06. The van der Waals surface area contributed by atoms with Crippen molar-refractivity contribution in [2.75, 3.05) is 13.1 Å². The molecule has 0 saturated heterocycles. The van der Waals surface area contributed by atoms with Gasteiger partial charge in [0.25, 0.3) is 0 Å². The van der Waals surface area contributed by atoms with Crippen molar-refractivity contribution in [1.82, 2.24) is 10.6 Å². The van der Waals surface area contributed by atoms with Crippen molar-refractivity contribution < 1.29 is 4.79 Å². The minimum absolute atomic E-state index is 0.0634.